The first kappa shape index (κ1) is 10.8. The molecule has 96 valence electrons. The molecule has 0 N–H and O–H groups in total. The molecule has 2 heterocycles. The molecule has 2 aliphatic heterocycles. The van der Waals surface area contributed by atoms with Gasteiger partial charge in [0.25, 0.3) is 0 Å². The molecule has 2 saturated carbocycles. The average Bonchev–Trinajstić information content (AvgIpc) is 3.00. The van der Waals surface area contributed by atoms with E-state index in [1.54, 1.807) is 19.3 Å². The first-order valence-corrected chi connectivity index (χ1v) is 7.88. The molecule has 2 saturated heterocycles. The Balaban J connectivity index is 1.42. The van der Waals surface area contributed by atoms with Gasteiger partial charge in [0, 0.05) is 31.7 Å². The molecule has 4 aliphatic rings. The lowest BCUT2D eigenvalue weighted by Crippen LogP contribution is -2.57. The molecule has 4 atom stereocenters. The summed E-state index contributed by atoms with van der Waals surface area (Å²) in [6.45, 7) is 5.51. The molecule has 17 heavy (non-hydrogen) atoms. The molecule has 0 amide bonds. The van der Waals surface area contributed by atoms with Crippen LogP contribution in [0.2, 0.25) is 0 Å². The van der Waals surface area contributed by atoms with E-state index in [1.807, 2.05) is 0 Å². The van der Waals surface area contributed by atoms with Gasteiger partial charge in [-0.25, -0.2) is 0 Å². The Morgan fingerprint density at radius 2 is 1.71 bits per heavy atom. The zero-order valence-corrected chi connectivity index (χ0v) is 11.0. The highest BCUT2D eigenvalue weighted by Crippen LogP contribution is 2.47. The molecular weight excluding hydrogens is 208 g/mol. The minimum absolute atomic E-state index is 0.914. The Kier molecular flexibility index (Phi) is 2.69. The summed E-state index contributed by atoms with van der Waals surface area (Å²) < 4.78 is 0. The first-order chi connectivity index (χ1) is 8.40. The largest absolute Gasteiger partial charge is 0.298 e. The molecule has 2 aliphatic carbocycles. The van der Waals surface area contributed by atoms with Crippen molar-refractivity contribution < 1.29 is 0 Å². The number of fused-ring (bicyclic) bond motifs is 3. The van der Waals surface area contributed by atoms with Crippen LogP contribution in [0, 0.1) is 11.8 Å². The maximum atomic E-state index is 2.89. The molecule has 0 aromatic heterocycles. The number of piperidine rings is 1. The number of rotatable bonds is 1. The fraction of sp³-hybridized carbons (Fsp3) is 1.00. The quantitative estimate of drug-likeness (QED) is 0.687. The maximum absolute atomic E-state index is 2.89. The van der Waals surface area contributed by atoms with Gasteiger partial charge in [0.2, 0.25) is 0 Å². The topological polar surface area (TPSA) is 6.48 Å². The SMILES string of the molecule is C1CCN2CCN(C3CC4CCC3C4)CC2C1. The smallest absolute Gasteiger partial charge is 0.0223 e. The fourth-order valence-corrected chi connectivity index (χ4v) is 5.14. The molecule has 2 heteroatoms. The predicted octanol–water partition coefficient (Wildman–Crippen LogP) is 2.35. The van der Waals surface area contributed by atoms with Crippen LogP contribution in [0.15, 0.2) is 0 Å². The number of piperazine rings is 1. The van der Waals surface area contributed by atoms with Gasteiger partial charge in [0.15, 0.2) is 0 Å². The van der Waals surface area contributed by atoms with Crippen molar-refractivity contribution in [1.82, 2.24) is 9.80 Å². The summed E-state index contributed by atoms with van der Waals surface area (Å²) in [6.07, 6.45) is 10.6. The van der Waals surface area contributed by atoms with Crippen LogP contribution in [0.4, 0.5) is 0 Å². The molecule has 4 unspecified atom stereocenters. The summed E-state index contributed by atoms with van der Waals surface area (Å²) in [4.78, 5) is 5.66. The molecule has 0 spiro atoms. The molecule has 4 rings (SSSR count). The van der Waals surface area contributed by atoms with Crippen molar-refractivity contribution in [2.75, 3.05) is 26.2 Å². The van der Waals surface area contributed by atoms with Crippen molar-refractivity contribution in [2.24, 2.45) is 11.8 Å². The van der Waals surface area contributed by atoms with E-state index in [0.717, 1.165) is 23.9 Å². The van der Waals surface area contributed by atoms with Crippen LogP contribution in [0.3, 0.4) is 0 Å². The van der Waals surface area contributed by atoms with Gasteiger partial charge in [-0.05, 0) is 50.5 Å². The van der Waals surface area contributed by atoms with Crippen LogP contribution in [0.1, 0.15) is 44.9 Å². The fourth-order valence-electron chi connectivity index (χ4n) is 5.14. The minimum Gasteiger partial charge on any atom is -0.298 e. The normalized spacial score (nSPS) is 47.3. The minimum atomic E-state index is 0.914. The van der Waals surface area contributed by atoms with Crippen molar-refractivity contribution in [3.8, 4) is 0 Å². The Bertz CT molecular complexity index is 291. The van der Waals surface area contributed by atoms with Gasteiger partial charge < -0.3 is 0 Å². The van der Waals surface area contributed by atoms with Crippen molar-refractivity contribution in [1.29, 1.82) is 0 Å². The third kappa shape index (κ3) is 1.84. The molecule has 0 radical (unpaired) electrons. The van der Waals surface area contributed by atoms with Crippen LogP contribution in [0.5, 0.6) is 0 Å². The van der Waals surface area contributed by atoms with Gasteiger partial charge in [0.1, 0.15) is 0 Å². The summed E-state index contributed by atoms with van der Waals surface area (Å²) in [5, 5.41) is 0. The van der Waals surface area contributed by atoms with E-state index >= 15 is 0 Å². The van der Waals surface area contributed by atoms with Crippen LogP contribution in [-0.2, 0) is 0 Å². The van der Waals surface area contributed by atoms with Gasteiger partial charge in [-0.2, -0.15) is 0 Å². The van der Waals surface area contributed by atoms with E-state index in [-0.39, 0.29) is 0 Å². The maximum Gasteiger partial charge on any atom is 0.0223 e. The molecule has 2 bridgehead atoms. The third-order valence-corrected chi connectivity index (χ3v) is 6.04. The van der Waals surface area contributed by atoms with Crippen LogP contribution >= 0.6 is 0 Å². The summed E-state index contributed by atoms with van der Waals surface area (Å²) in [5.74, 6) is 2.18. The molecule has 2 nitrogen and oxygen atoms in total. The van der Waals surface area contributed by atoms with E-state index < -0.39 is 0 Å². The highest BCUT2D eigenvalue weighted by Gasteiger charge is 2.44. The highest BCUT2D eigenvalue weighted by atomic mass is 15.3. The van der Waals surface area contributed by atoms with Crippen molar-refractivity contribution in [3.63, 3.8) is 0 Å². The van der Waals surface area contributed by atoms with E-state index in [9.17, 15) is 0 Å². The molecule has 4 fully saturated rings. The Hall–Kier alpha value is -0.0800. The lowest BCUT2D eigenvalue weighted by atomic mass is 9.91. The van der Waals surface area contributed by atoms with Crippen molar-refractivity contribution in [2.45, 2.75) is 57.0 Å². The van der Waals surface area contributed by atoms with Crippen LogP contribution in [-0.4, -0.2) is 48.1 Å². The Morgan fingerprint density at radius 3 is 2.53 bits per heavy atom. The second-order valence-corrected chi connectivity index (χ2v) is 6.92. The highest BCUT2D eigenvalue weighted by molar-refractivity contribution is 4.98. The molecule has 0 aromatic carbocycles. The lowest BCUT2D eigenvalue weighted by Gasteiger charge is -2.47. The van der Waals surface area contributed by atoms with Crippen molar-refractivity contribution >= 4 is 0 Å². The second kappa shape index (κ2) is 4.24. The van der Waals surface area contributed by atoms with E-state index in [0.29, 0.717) is 0 Å². The number of nitrogens with zero attached hydrogens (tertiary/aromatic N) is 2. The number of hydrogen-bond donors (Lipinski definition) is 0. The zero-order valence-electron chi connectivity index (χ0n) is 11.0. The van der Waals surface area contributed by atoms with Gasteiger partial charge in [-0.3, -0.25) is 9.80 Å². The summed E-state index contributed by atoms with van der Waals surface area (Å²) >= 11 is 0. The van der Waals surface area contributed by atoms with Crippen LogP contribution < -0.4 is 0 Å². The van der Waals surface area contributed by atoms with E-state index in [2.05, 4.69) is 9.80 Å². The second-order valence-electron chi connectivity index (χ2n) is 6.92. The lowest BCUT2D eigenvalue weighted by molar-refractivity contribution is 0.0138. The average molecular weight is 234 g/mol. The van der Waals surface area contributed by atoms with Gasteiger partial charge in [-0.15, -0.1) is 0 Å². The van der Waals surface area contributed by atoms with Gasteiger partial charge in [0.05, 0.1) is 0 Å². The summed E-state index contributed by atoms with van der Waals surface area (Å²) in [7, 11) is 0. The van der Waals surface area contributed by atoms with Crippen LogP contribution in [0.25, 0.3) is 0 Å². The van der Waals surface area contributed by atoms with E-state index in [1.165, 1.54) is 51.9 Å². The Labute approximate surface area is 105 Å². The predicted molar refractivity (Wildman–Crippen MR) is 70.0 cm³/mol. The third-order valence-electron chi connectivity index (χ3n) is 6.04. The van der Waals surface area contributed by atoms with Gasteiger partial charge in [-0.1, -0.05) is 12.8 Å². The van der Waals surface area contributed by atoms with Gasteiger partial charge >= 0.3 is 0 Å². The number of hydrogen-bond acceptors (Lipinski definition) is 2. The monoisotopic (exact) mass is 234 g/mol. The molecular formula is C15H26N2. The summed E-state index contributed by atoms with van der Waals surface area (Å²) in [6, 6.07) is 1.90. The first-order valence-electron chi connectivity index (χ1n) is 7.88. The van der Waals surface area contributed by atoms with Crippen molar-refractivity contribution in [3.05, 3.63) is 0 Å². The molecule has 0 aromatic rings. The zero-order chi connectivity index (χ0) is 11.2. The Morgan fingerprint density at radius 1 is 0.765 bits per heavy atom. The standard InChI is InChI=1S/C15H26N2/c1-2-6-16-7-8-17(11-14(16)3-1)15-10-12-4-5-13(15)9-12/h12-15H,1-11H2. The van der Waals surface area contributed by atoms with E-state index in [4.69, 9.17) is 0 Å². The summed E-state index contributed by atoms with van der Waals surface area (Å²) in [5.41, 5.74) is 0.